The van der Waals surface area contributed by atoms with Crippen molar-refractivity contribution < 1.29 is 4.79 Å². The normalized spacial score (nSPS) is 10.7. The molecular weight excluding hydrogens is 290 g/mol. The monoisotopic (exact) mass is 309 g/mol. The molecule has 2 aromatic heterocycles. The highest BCUT2D eigenvalue weighted by molar-refractivity contribution is 5.99. The second-order valence-electron chi connectivity index (χ2n) is 5.37. The fraction of sp³-hybridized carbons (Fsp3) is 0.235. The fourth-order valence-corrected chi connectivity index (χ4v) is 2.58. The Bertz CT molecular complexity index is 869. The molecule has 0 saturated heterocycles. The van der Waals surface area contributed by atoms with Crippen LogP contribution in [0.25, 0.3) is 5.52 Å². The molecule has 0 aliphatic rings. The molecule has 0 bridgehead atoms. The van der Waals surface area contributed by atoms with Crippen LogP contribution in [0, 0.1) is 13.8 Å². The number of anilines is 2. The van der Waals surface area contributed by atoms with Crippen molar-refractivity contribution in [2.45, 2.75) is 20.8 Å². The number of nitrogens with zero attached hydrogens (tertiary/aromatic N) is 3. The van der Waals surface area contributed by atoms with Crippen molar-refractivity contribution in [2.24, 2.45) is 0 Å². The van der Waals surface area contributed by atoms with E-state index in [1.165, 1.54) is 6.33 Å². The molecular formula is C17H19N5O. The Hall–Kier alpha value is -2.89. The Labute approximate surface area is 134 Å². The SMILES string of the molecule is CCNC(=O)c1cn2ncnc(Nc3ccccc3C)c2c1C. The highest BCUT2D eigenvalue weighted by atomic mass is 16.1. The van der Waals surface area contributed by atoms with Gasteiger partial charge in [-0.25, -0.2) is 9.50 Å². The highest BCUT2D eigenvalue weighted by Crippen LogP contribution is 2.26. The van der Waals surface area contributed by atoms with E-state index in [9.17, 15) is 4.79 Å². The Balaban J connectivity index is 2.08. The average Bonchev–Trinajstić information content (AvgIpc) is 2.88. The smallest absolute Gasteiger partial charge is 0.253 e. The lowest BCUT2D eigenvalue weighted by Crippen LogP contribution is -2.22. The van der Waals surface area contributed by atoms with Crippen LogP contribution in [0.3, 0.4) is 0 Å². The molecule has 23 heavy (non-hydrogen) atoms. The summed E-state index contributed by atoms with van der Waals surface area (Å²) in [5.41, 5.74) is 4.37. The maximum Gasteiger partial charge on any atom is 0.253 e. The fourth-order valence-electron chi connectivity index (χ4n) is 2.58. The summed E-state index contributed by atoms with van der Waals surface area (Å²) in [6.45, 7) is 6.43. The Morgan fingerprint density at radius 1 is 1.26 bits per heavy atom. The van der Waals surface area contributed by atoms with Gasteiger partial charge in [-0.15, -0.1) is 0 Å². The quantitative estimate of drug-likeness (QED) is 0.777. The molecule has 0 aliphatic heterocycles. The largest absolute Gasteiger partial charge is 0.352 e. The highest BCUT2D eigenvalue weighted by Gasteiger charge is 2.17. The molecule has 6 heteroatoms. The van der Waals surface area contributed by atoms with E-state index >= 15 is 0 Å². The van der Waals surface area contributed by atoms with E-state index in [-0.39, 0.29) is 5.91 Å². The molecule has 0 spiro atoms. The molecule has 0 fully saturated rings. The van der Waals surface area contributed by atoms with Crippen molar-refractivity contribution >= 4 is 22.9 Å². The second-order valence-corrected chi connectivity index (χ2v) is 5.37. The predicted octanol–water partition coefficient (Wildman–Crippen LogP) is 2.84. The van der Waals surface area contributed by atoms with Gasteiger partial charge in [0.25, 0.3) is 5.91 Å². The summed E-state index contributed by atoms with van der Waals surface area (Å²) < 4.78 is 1.69. The van der Waals surface area contributed by atoms with Gasteiger partial charge in [0.15, 0.2) is 5.82 Å². The molecule has 2 N–H and O–H groups in total. The lowest BCUT2D eigenvalue weighted by atomic mass is 10.1. The van der Waals surface area contributed by atoms with E-state index < -0.39 is 0 Å². The number of aryl methyl sites for hydroxylation is 2. The van der Waals surface area contributed by atoms with Crippen LogP contribution < -0.4 is 10.6 Å². The number of carbonyl (C=O) groups excluding carboxylic acids is 1. The molecule has 1 aromatic carbocycles. The molecule has 0 unspecified atom stereocenters. The van der Waals surface area contributed by atoms with Gasteiger partial charge in [-0.3, -0.25) is 4.79 Å². The number of benzene rings is 1. The van der Waals surface area contributed by atoms with Crippen LogP contribution in [0.1, 0.15) is 28.4 Å². The molecule has 0 radical (unpaired) electrons. The van der Waals surface area contributed by atoms with Crippen molar-refractivity contribution in [2.75, 3.05) is 11.9 Å². The van der Waals surface area contributed by atoms with Crippen LogP contribution in [-0.2, 0) is 0 Å². The lowest BCUT2D eigenvalue weighted by molar-refractivity contribution is 0.0955. The zero-order chi connectivity index (χ0) is 16.4. The van der Waals surface area contributed by atoms with Crippen molar-refractivity contribution in [3.8, 4) is 0 Å². The summed E-state index contributed by atoms with van der Waals surface area (Å²) in [5.74, 6) is 0.583. The topological polar surface area (TPSA) is 71.3 Å². The molecule has 0 aliphatic carbocycles. The second kappa shape index (κ2) is 6.08. The number of hydrogen-bond acceptors (Lipinski definition) is 4. The molecule has 3 rings (SSSR count). The third-order valence-electron chi connectivity index (χ3n) is 3.81. The van der Waals surface area contributed by atoms with Gasteiger partial charge in [0.1, 0.15) is 11.8 Å². The summed E-state index contributed by atoms with van der Waals surface area (Å²) in [6, 6.07) is 7.99. The number of aromatic nitrogens is 3. The maximum absolute atomic E-state index is 12.2. The first kappa shape index (κ1) is 15.0. The molecule has 0 saturated carbocycles. The third-order valence-corrected chi connectivity index (χ3v) is 3.81. The van der Waals surface area contributed by atoms with E-state index in [1.54, 1.807) is 10.7 Å². The average molecular weight is 309 g/mol. The Morgan fingerprint density at radius 2 is 2.04 bits per heavy atom. The van der Waals surface area contributed by atoms with E-state index in [0.717, 1.165) is 22.3 Å². The van der Waals surface area contributed by atoms with E-state index in [1.807, 2.05) is 45.0 Å². The first-order valence-electron chi connectivity index (χ1n) is 7.55. The molecule has 6 nitrogen and oxygen atoms in total. The van der Waals surface area contributed by atoms with Crippen molar-refractivity contribution in [3.63, 3.8) is 0 Å². The predicted molar refractivity (Wildman–Crippen MR) is 90.2 cm³/mol. The van der Waals surface area contributed by atoms with Gasteiger partial charge < -0.3 is 10.6 Å². The van der Waals surface area contributed by atoms with Crippen LogP contribution >= 0.6 is 0 Å². The van der Waals surface area contributed by atoms with Crippen LogP contribution in [0.4, 0.5) is 11.5 Å². The van der Waals surface area contributed by atoms with E-state index in [0.29, 0.717) is 17.9 Å². The van der Waals surface area contributed by atoms with Crippen molar-refractivity contribution in [3.05, 3.63) is 53.5 Å². The Kier molecular flexibility index (Phi) is 3.97. The summed E-state index contributed by atoms with van der Waals surface area (Å²) >= 11 is 0. The number of nitrogens with one attached hydrogen (secondary N) is 2. The van der Waals surface area contributed by atoms with Gasteiger partial charge in [0, 0.05) is 18.4 Å². The van der Waals surface area contributed by atoms with Gasteiger partial charge in [0.05, 0.1) is 5.56 Å². The zero-order valence-electron chi connectivity index (χ0n) is 13.4. The summed E-state index contributed by atoms with van der Waals surface area (Å²) in [5, 5.41) is 10.4. The van der Waals surface area contributed by atoms with Gasteiger partial charge in [-0.05, 0) is 38.0 Å². The standard InChI is InChI=1S/C17H19N5O/c1-4-18-17(23)13-9-22-15(12(13)3)16(19-10-20-22)21-14-8-6-5-7-11(14)2/h5-10H,4H2,1-3H3,(H,18,23)(H,19,20,21). The number of amides is 1. The number of hydrogen-bond donors (Lipinski definition) is 2. The third kappa shape index (κ3) is 2.75. The first-order valence-corrected chi connectivity index (χ1v) is 7.55. The van der Waals surface area contributed by atoms with Crippen molar-refractivity contribution in [1.82, 2.24) is 19.9 Å². The molecule has 0 atom stereocenters. The van der Waals surface area contributed by atoms with Gasteiger partial charge in [-0.2, -0.15) is 5.10 Å². The van der Waals surface area contributed by atoms with Crippen molar-refractivity contribution in [1.29, 1.82) is 0 Å². The molecule has 1 amide bonds. The molecule has 118 valence electrons. The van der Waals surface area contributed by atoms with Crippen LogP contribution in [0.15, 0.2) is 36.8 Å². The van der Waals surface area contributed by atoms with Gasteiger partial charge in [-0.1, -0.05) is 18.2 Å². The molecule has 3 aromatic rings. The summed E-state index contributed by atoms with van der Waals surface area (Å²) in [7, 11) is 0. The maximum atomic E-state index is 12.2. The van der Waals surface area contributed by atoms with Crippen LogP contribution in [0.2, 0.25) is 0 Å². The molecule has 2 heterocycles. The zero-order valence-corrected chi connectivity index (χ0v) is 13.4. The van der Waals surface area contributed by atoms with Gasteiger partial charge >= 0.3 is 0 Å². The van der Waals surface area contributed by atoms with Gasteiger partial charge in [0.2, 0.25) is 0 Å². The van der Waals surface area contributed by atoms with E-state index in [4.69, 9.17) is 0 Å². The number of fused-ring (bicyclic) bond motifs is 1. The number of carbonyl (C=O) groups is 1. The minimum Gasteiger partial charge on any atom is -0.352 e. The van der Waals surface area contributed by atoms with Crippen LogP contribution in [-0.4, -0.2) is 27.0 Å². The van der Waals surface area contributed by atoms with Crippen LogP contribution in [0.5, 0.6) is 0 Å². The summed E-state index contributed by atoms with van der Waals surface area (Å²) in [4.78, 5) is 16.5. The first-order chi connectivity index (χ1) is 11.1. The Morgan fingerprint density at radius 3 is 2.78 bits per heavy atom. The number of para-hydroxylation sites is 1. The minimum absolute atomic E-state index is 0.0997. The number of rotatable bonds is 4. The summed E-state index contributed by atoms with van der Waals surface area (Å²) in [6.07, 6.45) is 3.22. The lowest BCUT2D eigenvalue weighted by Gasteiger charge is -2.10. The van der Waals surface area contributed by atoms with E-state index in [2.05, 4.69) is 20.7 Å². The minimum atomic E-state index is -0.0997.